The predicted octanol–water partition coefficient (Wildman–Crippen LogP) is 0.963. The summed E-state index contributed by atoms with van der Waals surface area (Å²) in [7, 11) is -7.22. The van der Waals surface area contributed by atoms with E-state index in [1.54, 1.807) is 24.6 Å². The molecule has 146 valence electrons. The highest BCUT2D eigenvalue weighted by atomic mass is 32.2. The normalized spacial score (nSPS) is 11.9. The van der Waals surface area contributed by atoms with Crippen molar-refractivity contribution >= 4 is 31.8 Å². The van der Waals surface area contributed by atoms with Crippen LogP contribution < -0.4 is 9.79 Å². The molecule has 0 saturated heterocycles. The fraction of sp³-hybridized carbons (Fsp3) is 0.267. The third kappa shape index (κ3) is 4.78. The second kappa shape index (κ2) is 7.58. The fourth-order valence-electron chi connectivity index (χ4n) is 2.24. The lowest BCUT2D eigenvalue weighted by Gasteiger charge is -2.19. The number of urea groups is 1. The van der Waals surface area contributed by atoms with Crippen LogP contribution in [0.25, 0.3) is 0 Å². The number of aromatic nitrogens is 2. The van der Waals surface area contributed by atoms with Crippen LogP contribution in [-0.2, 0) is 24.7 Å². The maximum absolute atomic E-state index is 12.6. The Kier molecular flexibility index (Phi) is 5.82. The molecule has 0 aliphatic carbocycles. The highest BCUT2D eigenvalue weighted by Crippen LogP contribution is 2.21. The lowest BCUT2D eigenvalue weighted by molar-refractivity contribution is 0.162. The maximum atomic E-state index is 12.6. The number of rotatable bonds is 5. The largest absolute Gasteiger partial charge is 0.362 e. The molecule has 0 aliphatic rings. The number of hydrogen-bond acceptors (Lipinski definition) is 8. The van der Waals surface area contributed by atoms with E-state index in [0.717, 1.165) is 25.5 Å². The van der Waals surface area contributed by atoms with E-state index in [4.69, 9.17) is 4.84 Å². The highest BCUT2D eigenvalue weighted by Gasteiger charge is 2.29. The average Bonchev–Trinajstić information content (AvgIpc) is 2.53. The average molecular weight is 414 g/mol. The van der Waals surface area contributed by atoms with Gasteiger partial charge in [-0.1, -0.05) is 12.1 Å². The molecular formula is C15H18N4O6S2. The minimum Gasteiger partial charge on any atom is -0.265 e. The van der Waals surface area contributed by atoms with E-state index in [-0.39, 0.29) is 5.95 Å². The molecule has 0 fully saturated rings. The van der Waals surface area contributed by atoms with Crippen LogP contribution in [0.15, 0.2) is 40.1 Å². The quantitative estimate of drug-likeness (QED) is 0.715. The van der Waals surface area contributed by atoms with Gasteiger partial charge in [-0.2, -0.15) is 0 Å². The van der Waals surface area contributed by atoms with E-state index < -0.39 is 35.7 Å². The maximum Gasteiger partial charge on any atom is 0.362 e. The summed E-state index contributed by atoms with van der Waals surface area (Å²) < 4.78 is 50.6. The molecule has 12 heteroatoms. The Labute approximate surface area is 157 Å². The third-order valence-corrected chi connectivity index (χ3v) is 5.94. The van der Waals surface area contributed by atoms with E-state index in [0.29, 0.717) is 16.5 Å². The molecule has 27 heavy (non-hydrogen) atoms. The standard InChI is InChI=1S/C15H18N4O6S2/c1-10-9-11(2)17-14(16-10)19(25-3)15(20)18-27(23,24)13-8-6-5-7-12(13)26(4,21)22/h5-9H,1-4H3,(H,18,20). The topological polar surface area (TPSA) is 136 Å². The van der Waals surface area contributed by atoms with Gasteiger partial charge in [0, 0.05) is 17.6 Å². The zero-order valence-corrected chi connectivity index (χ0v) is 16.6. The number of aryl methyl sites for hydroxylation is 2. The first-order chi connectivity index (χ1) is 12.5. The lowest BCUT2D eigenvalue weighted by atomic mass is 10.4. The van der Waals surface area contributed by atoms with Gasteiger partial charge in [0.05, 0.1) is 12.0 Å². The zero-order chi connectivity index (χ0) is 20.4. The molecule has 0 spiro atoms. The number of amides is 2. The summed E-state index contributed by atoms with van der Waals surface area (Å²) in [5, 5.41) is 0.556. The first-order valence-corrected chi connectivity index (χ1v) is 10.9. The van der Waals surface area contributed by atoms with E-state index >= 15 is 0 Å². The number of sulfone groups is 1. The van der Waals surface area contributed by atoms with Crippen LogP contribution in [0, 0.1) is 13.8 Å². The van der Waals surface area contributed by atoms with Gasteiger partial charge in [-0.3, -0.25) is 4.84 Å². The van der Waals surface area contributed by atoms with Gasteiger partial charge in [-0.15, -0.1) is 5.06 Å². The Hall–Kier alpha value is -2.57. The van der Waals surface area contributed by atoms with Crippen LogP contribution in [0.4, 0.5) is 10.7 Å². The number of carbonyl (C=O) groups is 1. The summed E-state index contributed by atoms with van der Waals surface area (Å²) in [4.78, 5) is 24.4. The van der Waals surface area contributed by atoms with Crippen molar-refractivity contribution < 1.29 is 26.5 Å². The molecule has 1 N–H and O–H groups in total. The minimum atomic E-state index is -4.51. The number of carbonyl (C=O) groups excluding carboxylic acids is 1. The van der Waals surface area contributed by atoms with E-state index in [1.165, 1.54) is 12.1 Å². The number of hydroxylamine groups is 1. The monoisotopic (exact) mass is 414 g/mol. The van der Waals surface area contributed by atoms with Gasteiger partial charge >= 0.3 is 6.03 Å². The van der Waals surface area contributed by atoms with E-state index in [2.05, 4.69) is 9.97 Å². The van der Waals surface area contributed by atoms with E-state index in [9.17, 15) is 21.6 Å². The van der Waals surface area contributed by atoms with Crippen molar-refractivity contribution in [2.24, 2.45) is 0 Å². The second-order valence-corrected chi connectivity index (χ2v) is 9.19. The molecule has 2 amide bonds. The number of nitrogens with one attached hydrogen (secondary N) is 1. The van der Waals surface area contributed by atoms with Gasteiger partial charge in [-0.25, -0.2) is 36.3 Å². The van der Waals surface area contributed by atoms with Gasteiger partial charge in [0.25, 0.3) is 16.0 Å². The van der Waals surface area contributed by atoms with Crippen LogP contribution in [-0.4, -0.2) is 46.2 Å². The summed E-state index contributed by atoms with van der Waals surface area (Å²) in [6.07, 6.45) is 0.869. The molecule has 1 heterocycles. The van der Waals surface area contributed by atoms with Gasteiger partial charge < -0.3 is 0 Å². The lowest BCUT2D eigenvalue weighted by Crippen LogP contribution is -2.43. The predicted molar refractivity (Wildman–Crippen MR) is 96.3 cm³/mol. The molecule has 1 aromatic carbocycles. The second-order valence-electron chi connectivity index (χ2n) is 5.56. The number of nitrogens with zero attached hydrogens (tertiary/aromatic N) is 3. The Morgan fingerprint density at radius 2 is 1.56 bits per heavy atom. The first kappa shape index (κ1) is 20.7. The summed E-state index contributed by atoms with van der Waals surface area (Å²) >= 11 is 0. The Morgan fingerprint density at radius 3 is 2.04 bits per heavy atom. The summed E-state index contributed by atoms with van der Waals surface area (Å²) in [5.41, 5.74) is 1.08. The summed E-state index contributed by atoms with van der Waals surface area (Å²) in [5.74, 6) is -0.168. The van der Waals surface area contributed by atoms with Crippen LogP contribution in [0.5, 0.6) is 0 Å². The molecule has 0 atom stereocenters. The van der Waals surface area contributed by atoms with Crippen molar-refractivity contribution in [2.45, 2.75) is 23.6 Å². The number of hydrogen-bond donors (Lipinski definition) is 1. The summed E-state index contributed by atoms with van der Waals surface area (Å²) in [6.45, 7) is 3.34. The highest BCUT2D eigenvalue weighted by molar-refractivity contribution is 7.93. The fourth-order valence-corrected chi connectivity index (χ4v) is 4.80. The molecule has 0 saturated carbocycles. The molecular weight excluding hydrogens is 396 g/mol. The molecule has 0 unspecified atom stereocenters. The van der Waals surface area contributed by atoms with Crippen molar-refractivity contribution in [3.63, 3.8) is 0 Å². The number of anilines is 1. The van der Waals surface area contributed by atoms with Crippen LogP contribution in [0.3, 0.4) is 0 Å². The van der Waals surface area contributed by atoms with Crippen LogP contribution in [0.1, 0.15) is 11.4 Å². The van der Waals surface area contributed by atoms with Crippen molar-refractivity contribution in [1.29, 1.82) is 0 Å². The van der Waals surface area contributed by atoms with Crippen molar-refractivity contribution in [1.82, 2.24) is 14.7 Å². The molecule has 0 bridgehead atoms. The van der Waals surface area contributed by atoms with Gasteiger partial charge in [-0.05, 0) is 32.0 Å². The smallest absolute Gasteiger partial charge is 0.265 e. The van der Waals surface area contributed by atoms with Crippen molar-refractivity contribution in [3.8, 4) is 0 Å². The Balaban J connectivity index is 2.41. The van der Waals surface area contributed by atoms with Crippen molar-refractivity contribution in [3.05, 3.63) is 41.7 Å². The number of benzene rings is 1. The van der Waals surface area contributed by atoms with Gasteiger partial charge in [0.2, 0.25) is 0 Å². The molecule has 10 nitrogen and oxygen atoms in total. The van der Waals surface area contributed by atoms with Crippen molar-refractivity contribution in [2.75, 3.05) is 18.4 Å². The Morgan fingerprint density at radius 1 is 1.04 bits per heavy atom. The zero-order valence-electron chi connectivity index (χ0n) is 15.0. The molecule has 2 rings (SSSR count). The SMILES string of the molecule is CON(C(=O)NS(=O)(=O)c1ccccc1S(C)(=O)=O)c1nc(C)cc(C)n1. The van der Waals surface area contributed by atoms with E-state index in [1.807, 2.05) is 0 Å². The molecule has 0 aliphatic heterocycles. The minimum absolute atomic E-state index is 0.168. The summed E-state index contributed by atoms with van der Waals surface area (Å²) in [6, 6.07) is 5.39. The number of sulfonamides is 1. The Bertz CT molecular complexity index is 1060. The third-order valence-electron chi connectivity index (χ3n) is 3.28. The van der Waals surface area contributed by atoms with Crippen LogP contribution >= 0.6 is 0 Å². The van der Waals surface area contributed by atoms with Gasteiger partial charge in [0.1, 0.15) is 4.90 Å². The van der Waals surface area contributed by atoms with Crippen LogP contribution in [0.2, 0.25) is 0 Å². The molecule has 0 radical (unpaired) electrons. The first-order valence-electron chi connectivity index (χ1n) is 7.48. The van der Waals surface area contributed by atoms with Gasteiger partial charge in [0.15, 0.2) is 9.84 Å². The molecule has 1 aromatic heterocycles. The molecule has 2 aromatic rings.